The monoisotopic (exact) mass is 510 g/mol. The van der Waals surface area contributed by atoms with Gasteiger partial charge in [0.25, 0.3) is 0 Å². The van der Waals surface area contributed by atoms with Crippen molar-refractivity contribution in [2.24, 2.45) is 0 Å². The van der Waals surface area contributed by atoms with Crippen LogP contribution in [0.2, 0.25) is 0 Å². The molecule has 0 saturated carbocycles. The van der Waals surface area contributed by atoms with Crippen LogP contribution in [0, 0.1) is 19.7 Å². The molecule has 1 N–H and O–H groups in total. The van der Waals surface area contributed by atoms with Crippen LogP contribution in [0.3, 0.4) is 0 Å². The molecule has 4 aromatic rings. The van der Waals surface area contributed by atoms with E-state index >= 15 is 0 Å². The van der Waals surface area contributed by atoms with E-state index < -0.39 is 23.5 Å². The molecule has 4 rings (SSSR count). The number of oxazole rings is 1. The van der Waals surface area contributed by atoms with Gasteiger partial charge in [-0.1, -0.05) is 6.07 Å². The summed E-state index contributed by atoms with van der Waals surface area (Å²) < 4.78 is 58.1. The molecule has 11 heteroatoms. The van der Waals surface area contributed by atoms with Crippen LogP contribution in [0.4, 0.5) is 17.6 Å². The number of halogens is 4. The second kappa shape index (κ2) is 9.38. The number of aryl methyl sites for hydroxylation is 3. The van der Waals surface area contributed by atoms with Crippen LogP contribution in [0.5, 0.6) is 0 Å². The Morgan fingerprint density at radius 2 is 1.94 bits per heavy atom. The number of thioether (sulfide) groups is 1. The maximum Gasteiger partial charge on any atom is 0.419 e. The summed E-state index contributed by atoms with van der Waals surface area (Å²) in [5.41, 5.74) is 1.90. The molecule has 0 aliphatic heterocycles. The molecule has 0 spiro atoms. The Morgan fingerprint density at radius 1 is 1.18 bits per heavy atom. The van der Waals surface area contributed by atoms with Gasteiger partial charge < -0.3 is 9.52 Å². The van der Waals surface area contributed by atoms with Gasteiger partial charge in [0.05, 0.1) is 17.7 Å². The summed E-state index contributed by atoms with van der Waals surface area (Å²) in [6.45, 7) is 3.73. The number of benzene rings is 2. The molecule has 0 amide bonds. The molecule has 5 nitrogen and oxygen atoms in total. The standard InChI is InChI=1S/C23H18F4N2O3S2/c1-11-7-17-16(29-20(32-17)5-6-21(30)31)9-18(11)33-10-19-12(2)28-22(34-19)13-3-4-14(15(24)8-13)23(25,26)27/h3-4,7-9H,5-6,10H2,1-2H3,(H,30,31). The predicted octanol–water partition coefficient (Wildman–Crippen LogP) is 7.04. The maximum atomic E-state index is 14.0. The number of carbonyl (C=O) groups is 1. The van der Waals surface area contributed by atoms with E-state index in [-0.39, 0.29) is 12.8 Å². The maximum absolute atomic E-state index is 14.0. The largest absolute Gasteiger partial charge is 0.481 e. The Bertz CT molecular complexity index is 1380. The average molecular weight is 511 g/mol. The number of aliphatic carboxylic acids is 1. The minimum absolute atomic E-state index is 0.0662. The molecule has 0 saturated heterocycles. The number of hydrogen-bond acceptors (Lipinski definition) is 6. The zero-order valence-corrected chi connectivity index (χ0v) is 19.6. The van der Waals surface area contributed by atoms with Crippen molar-refractivity contribution in [1.82, 2.24) is 9.97 Å². The SMILES string of the molecule is Cc1cc2oc(CCC(=O)O)nc2cc1SCc1sc(-c2ccc(C(F)(F)F)c(F)c2)nc1C. The molecule has 0 aliphatic carbocycles. The number of hydrogen-bond donors (Lipinski definition) is 1. The molecule has 34 heavy (non-hydrogen) atoms. The number of nitrogens with zero attached hydrogens (tertiary/aromatic N) is 2. The molecule has 0 atom stereocenters. The topological polar surface area (TPSA) is 76.2 Å². The van der Waals surface area contributed by atoms with Gasteiger partial charge in [-0.3, -0.25) is 4.79 Å². The highest BCUT2D eigenvalue weighted by molar-refractivity contribution is 7.98. The van der Waals surface area contributed by atoms with Crippen LogP contribution in [-0.4, -0.2) is 21.0 Å². The van der Waals surface area contributed by atoms with E-state index in [2.05, 4.69) is 9.97 Å². The molecule has 178 valence electrons. The molecular formula is C23H18F4N2O3S2. The van der Waals surface area contributed by atoms with Crippen molar-refractivity contribution in [3.05, 3.63) is 63.7 Å². The lowest BCUT2D eigenvalue weighted by atomic mass is 10.1. The average Bonchev–Trinajstić information content (AvgIpc) is 3.32. The lowest BCUT2D eigenvalue weighted by Crippen LogP contribution is -2.07. The first-order valence-corrected chi connectivity index (χ1v) is 11.9. The van der Waals surface area contributed by atoms with Crippen LogP contribution >= 0.6 is 23.1 Å². The summed E-state index contributed by atoms with van der Waals surface area (Å²) in [5, 5.41) is 9.28. The van der Waals surface area contributed by atoms with Crippen molar-refractivity contribution in [1.29, 1.82) is 0 Å². The molecule has 2 aromatic heterocycles. The first-order chi connectivity index (χ1) is 16.0. The van der Waals surface area contributed by atoms with Gasteiger partial charge in [-0.25, -0.2) is 14.4 Å². The van der Waals surface area contributed by atoms with Gasteiger partial charge in [0.2, 0.25) is 0 Å². The summed E-state index contributed by atoms with van der Waals surface area (Å²) in [6, 6.07) is 6.56. The van der Waals surface area contributed by atoms with Crippen molar-refractivity contribution in [3.63, 3.8) is 0 Å². The van der Waals surface area contributed by atoms with Gasteiger partial charge >= 0.3 is 12.1 Å². The molecule has 0 unspecified atom stereocenters. The van der Waals surface area contributed by atoms with Gasteiger partial charge in [-0.15, -0.1) is 23.1 Å². The van der Waals surface area contributed by atoms with Gasteiger partial charge in [0, 0.05) is 27.5 Å². The Labute approximate surface area is 199 Å². The van der Waals surface area contributed by atoms with Crippen LogP contribution in [0.25, 0.3) is 21.7 Å². The first-order valence-electron chi connectivity index (χ1n) is 10.1. The lowest BCUT2D eigenvalue weighted by molar-refractivity contribution is -0.140. The minimum atomic E-state index is -4.75. The Hall–Kier alpha value is -2.92. The number of rotatable bonds is 7. The quantitative estimate of drug-likeness (QED) is 0.212. The van der Waals surface area contributed by atoms with Crippen LogP contribution < -0.4 is 0 Å². The van der Waals surface area contributed by atoms with E-state index in [9.17, 15) is 22.4 Å². The van der Waals surface area contributed by atoms with Gasteiger partial charge in [-0.05, 0) is 43.7 Å². The smallest absolute Gasteiger partial charge is 0.419 e. The fraction of sp³-hybridized carbons (Fsp3) is 0.261. The van der Waals surface area contributed by atoms with E-state index in [0.717, 1.165) is 33.2 Å². The highest BCUT2D eigenvalue weighted by atomic mass is 32.2. The number of alkyl halides is 3. The van der Waals surface area contributed by atoms with Gasteiger partial charge in [0.15, 0.2) is 11.5 Å². The predicted molar refractivity (Wildman–Crippen MR) is 122 cm³/mol. The number of carboxylic acids is 1. The van der Waals surface area contributed by atoms with Gasteiger partial charge in [0.1, 0.15) is 16.3 Å². The van der Waals surface area contributed by atoms with Crippen molar-refractivity contribution in [2.75, 3.05) is 0 Å². The normalized spacial score (nSPS) is 11.9. The van der Waals surface area contributed by atoms with Crippen molar-refractivity contribution in [2.45, 2.75) is 43.5 Å². The van der Waals surface area contributed by atoms with Crippen LogP contribution in [0.15, 0.2) is 39.6 Å². The summed E-state index contributed by atoms with van der Waals surface area (Å²) in [6.07, 6.45) is -4.61. The lowest BCUT2D eigenvalue weighted by Gasteiger charge is -2.08. The molecule has 0 bridgehead atoms. The van der Waals surface area contributed by atoms with Crippen molar-refractivity contribution in [3.8, 4) is 10.6 Å². The molecule has 2 aromatic carbocycles. The molecule has 0 fully saturated rings. The number of carboxylic acid groups (broad SMARTS) is 1. The van der Waals surface area contributed by atoms with E-state index in [1.165, 1.54) is 17.4 Å². The van der Waals surface area contributed by atoms with Crippen molar-refractivity contribution < 1.29 is 31.9 Å². The number of aromatic nitrogens is 2. The van der Waals surface area contributed by atoms with E-state index in [1.54, 1.807) is 18.7 Å². The highest BCUT2D eigenvalue weighted by Gasteiger charge is 2.34. The van der Waals surface area contributed by atoms with Crippen LogP contribution in [-0.2, 0) is 23.1 Å². The minimum Gasteiger partial charge on any atom is -0.481 e. The molecule has 0 aliphatic rings. The second-order valence-electron chi connectivity index (χ2n) is 7.60. The summed E-state index contributed by atoms with van der Waals surface area (Å²) in [4.78, 5) is 21.4. The Morgan fingerprint density at radius 3 is 2.62 bits per heavy atom. The highest BCUT2D eigenvalue weighted by Crippen LogP contribution is 2.37. The third kappa shape index (κ3) is 5.25. The number of fused-ring (bicyclic) bond motifs is 1. The third-order valence-electron chi connectivity index (χ3n) is 5.06. The first kappa shape index (κ1) is 24.2. The summed E-state index contributed by atoms with van der Waals surface area (Å²) in [5.74, 6) is -1.32. The summed E-state index contributed by atoms with van der Waals surface area (Å²) in [7, 11) is 0. The molecule has 2 heterocycles. The zero-order valence-electron chi connectivity index (χ0n) is 18.0. The molecule has 0 radical (unpaired) electrons. The Kier molecular flexibility index (Phi) is 6.68. The van der Waals surface area contributed by atoms with E-state index in [4.69, 9.17) is 9.52 Å². The number of thiazole rings is 1. The van der Waals surface area contributed by atoms with E-state index in [0.29, 0.717) is 33.3 Å². The molecular weight excluding hydrogens is 492 g/mol. The van der Waals surface area contributed by atoms with Gasteiger partial charge in [-0.2, -0.15) is 13.2 Å². The third-order valence-corrected chi connectivity index (χ3v) is 7.63. The van der Waals surface area contributed by atoms with E-state index in [1.807, 2.05) is 19.1 Å². The second-order valence-corrected chi connectivity index (χ2v) is 9.70. The fourth-order valence-electron chi connectivity index (χ4n) is 3.29. The zero-order chi connectivity index (χ0) is 24.6. The fourth-order valence-corrected chi connectivity index (χ4v) is 5.53. The summed E-state index contributed by atoms with van der Waals surface area (Å²) >= 11 is 2.85. The van der Waals surface area contributed by atoms with Crippen LogP contribution in [0.1, 0.15) is 34.0 Å². The Balaban J connectivity index is 1.51. The van der Waals surface area contributed by atoms with Crippen molar-refractivity contribution >= 4 is 40.2 Å².